The number of nitrogens with one attached hydrogen (secondary N) is 1. The Hall–Kier alpha value is -4.34. The van der Waals surface area contributed by atoms with Crippen LogP contribution in [0.4, 0.5) is 11.6 Å². The lowest BCUT2D eigenvalue weighted by atomic mass is 9.96. The number of amides is 1. The maximum Gasteiger partial charge on any atom is 0.228 e. The second-order valence-electron chi connectivity index (χ2n) is 8.07. The zero-order valence-corrected chi connectivity index (χ0v) is 17.7. The van der Waals surface area contributed by atoms with Gasteiger partial charge in [0, 0.05) is 30.8 Å². The van der Waals surface area contributed by atoms with E-state index in [-0.39, 0.29) is 11.8 Å². The molecule has 1 aliphatic rings. The van der Waals surface area contributed by atoms with E-state index in [1.54, 1.807) is 0 Å². The van der Waals surface area contributed by atoms with Gasteiger partial charge in [-0.25, -0.2) is 4.98 Å². The molecular weight excluding hydrogens is 418 g/mol. The highest BCUT2D eigenvalue weighted by molar-refractivity contribution is 5.96. The topological polar surface area (TPSA) is 106 Å². The van der Waals surface area contributed by atoms with E-state index in [1.807, 2.05) is 71.3 Å². The molecule has 0 atom stereocenters. The molecule has 0 spiro atoms. The van der Waals surface area contributed by atoms with Crippen molar-refractivity contribution in [1.82, 2.24) is 34.6 Å². The minimum absolute atomic E-state index is 0.0152. The first-order valence-corrected chi connectivity index (χ1v) is 10.9. The van der Waals surface area contributed by atoms with Crippen LogP contribution in [0.1, 0.15) is 12.8 Å². The summed E-state index contributed by atoms with van der Waals surface area (Å²) in [5.41, 5.74) is 3.14. The first kappa shape index (κ1) is 19.4. The molecule has 1 N–H and O–H groups in total. The Morgan fingerprint density at radius 2 is 1.76 bits per heavy atom. The number of aromatic nitrogens is 7. The van der Waals surface area contributed by atoms with Crippen molar-refractivity contribution in [3.8, 4) is 11.3 Å². The van der Waals surface area contributed by atoms with E-state index in [4.69, 9.17) is 4.98 Å². The Bertz CT molecular complexity index is 1430. The average Bonchev–Trinajstić information content (AvgIpc) is 3.49. The summed E-state index contributed by atoms with van der Waals surface area (Å²) in [5, 5.41) is 19.0. The number of benzene rings is 1. The maximum absolute atomic E-state index is 13.3. The number of tetrazole rings is 1. The largest absolute Gasteiger partial charge is 0.355 e. The van der Waals surface area contributed by atoms with Gasteiger partial charge in [-0.2, -0.15) is 0 Å². The molecule has 10 nitrogen and oxygen atoms in total. The Morgan fingerprint density at radius 1 is 0.939 bits per heavy atom. The molecule has 164 valence electrons. The number of hydrogen-bond donors (Lipinski definition) is 1. The summed E-state index contributed by atoms with van der Waals surface area (Å²) in [6, 6.07) is 19.5. The number of pyridine rings is 1. The highest BCUT2D eigenvalue weighted by Crippen LogP contribution is 2.30. The lowest BCUT2D eigenvalue weighted by Crippen LogP contribution is -2.39. The van der Waals surface area contributed by atoms with Crippen LogP contribution >= 0.6 is 0 Å². The predicted molar refractivity (Wildman–Crippen MR) is 123 cm³/mol. The van der Waals surface area contributed by atoms with Gasteiger partial charge in [0.1, 0.15) is 17.2 Å². The molecule has 0 radical (unpaired) electrons. The van der Waals surface area contributed by atoms with E-state index in [0.717, 1.165) is 48.7 Å². The Labute approximate surface area is 188 Å². The van der Waals surface area contributed by atoms with Gasteiger partial charge in [-0.3, -0.25) is 9.20 Å². The smallest absolute Gasteiger partial charge is 0.228 e. The summed E-state index contributed by atoms with van der Waals surface area (Å²) >= 11 is 0. The van der Waals surface area contributed by atoms with E-state index in [0.29, 0.717) is 11.5 Å². The summed E-state index contributed by atoms with van der Waals surface area (Å²) in [6.07, 6.45) is 3.39. The number of rotatable bonds is 4. The van der Waals surface area contributed by atoms with Crippen LogP contribution < -0.4 is 10.2 Å². The molecule has 33 heavy (non-hydrogen) atoms. The molecule has 0 unspecified atom stereocenters. The van der Waals surface area contributed by atoms with Crippen LogP contribution in [0, 0.1) is 5.92 Å². The van der Waals surface area contributed by atoms with Crippen molar-refractivity contribution in [1.29, 1.82) is 0 Å². The van der Waals surface area contributed by atoms with Crippen molar-refractivity contribution in [2.45, 2.75) is 12.8 Å². The normalized spacial score (nSPS) is 14.7. The maximum atomic E-state index is 13.3. The number of hydrogen-bond acceptors (Lipinski definition) is 7. The summed E-state index contributed by atoms with van der Waals surface area (Å²) in [5.74, 6) is 1.44. The fraction of sp³-hybridized carbons (Fsp3) is 0.217. The van der Waals surface area contributed by atoms with Gasteiger partial charge in [0.15, 0.2) is 11.5 Å². The minimum atomic E-state index is -0.0871. The van der Waals surface area contributed by atoms with Crippen molar-refractivity contribution in [2.75, 3.05) is 23.3 Å². The van der Waals surface area contributed by atoms with Gasteiger partial charge in [-0.1, -0.05) is 36.4 Å². The average molecular weight is 439 g/mol. The molecule has 1 saturated heterocycles. The molecule has 1 fully saturated rings. The van der Waals surface area contributed by atoms with Gasteiger partial charge in [-0.05, 0) is 47.5 Å². The first-order valence-electron chi connectivity index (χ1n) is 10.9. The van der Waals surface area contributed by atoms with Crippen LogP contribution in [0.3, 0.4) is 0 Å². The summed E-state index contributed by atoms with van der Waals surface area (Å²) in [4.78, 5) is 20.2. The molecule has 1 aromatic carbocycles. The van der Waals surface area contributed by atoms with Gasteiger partial charge < -0.3 is 10.2 Å². The van der Waals surface area contributed by atoms with Crippen LogP contribution in [-0.4, -0.2) is 53.6 Å². The van der Waals surface area contributed by atoms with Crippen molar-refractivity contribution >= 4 is 28.8 Å². The third-order valence-corrected chi connectivity index (χ3v) is 6.06. The second kappa shape index (κ2) is 7.97. The minimum Gasteiger partial charge on any atom is -0.355 e. The SMILES string of the molecule is O=C(Nc1c(-c2ccccc2)nc2ccccn12)C1CCN(c2ccc3nnnn3n2)CC1. The summed E-state index contributed by atoms with van der Waals surface area (Å²) < 4.78 is 3.35. The Kier molecular flexibility index (Phi) is 4.68. The van der Waals surface area contributed by atoms with Gasteiger partial charge in [-0.15, -0.1) is 14.8 Å². The lowest BCUT2D eigenvalue weighted by Gasteiger charge is -2.31. The molecule has 10 heteroatoms. The van der Waals surface area contributed by atoms with Crippen LogP contribution in [0.15, 0.2) is 66.9 Å². The van der Waals surface area contributed by atoms with Gasteiger partial charge in [0.25, 0.3) is 0 Å². The van der Waals surface area contributed by atoms with E-state index < -0.39 is 0 Å². The van der Waals surface area contributed by atoms with E-state index in [2.05, 4.69) is 30.8 Å². The fourth-order valence-corrected chi connectivity index (χ4v) is 4.31. The standard InChI is InChI=1S/C23H21N9O/c33-23(17-11-14-30(15-12-17)20-10-9-19-26-28-29-32(19)27-20)25-22-21(16-6-2-1-3-7-16)24-18-8-4-5-13-31(18)22/h1-10,13,17H,11-12,14-15H2,(H,25,33). The molecule has 5 heterocycles. The van der Waals surface area contributed by atoms with E-state index in [9.17, 15) is 4.79 Å². The predicted octanol–water partition coefficient (Wildman–Crippen LogP) is 2.69. The third-order valence-electron chi connectivity index (χ3n) is 6.06. The molecule has 0 saturated carbocycles. The molecule has 4 aromatic heterocycles. The van der Waals surface area contributed by atoms with Crippen molar-refractivity contribution in [3.63, 3.8) is 0 Å². The van der Waals surface area contributed by atoms with Gasteiger partial charge in [0.05, 0.1) is 0 Å². The summed E-state index contributed by atoms with van der Waals surface area (Å²) in [7, 11) is 0. The number of fused-ring (bicyclic) bond motifs is 2. The highest BCUT2D eigenvalue weighted by atomic mass is 16.2. The fourth-order valence-electron chi connectivity index (χ4n) is 4.31. The zero-order chi connectivity index (χ0) is 22.2. The van der Waals surface area contributed by atoms with Crippen LogP contribution in [-0.2, 0) is 4.79 Å². The van der Waals surface area contributed by atoms with E-state index in [1.165, 1.54) is 4.63 Å². The monoisotopic (exact) mass is 439 g/mol. The quantitative estimate of drug-likeness (QED) is 0.459. The third kappa shape index (κ3) is 3.55. The van der Waals surface area contributed by atoms with E-state index >= 15 is 0 Å². The number of piperidine rings is 1. The summed E-state index contributed by atoms with van der Waals surface area (Å²) in [6.45, 7) is 1.47. The second-order valence-corrected chi connectivity index (χ2v) is 8.07. The van der Waals surface area contributed by atoms with Crippen LogP contribution in [0.5, 0.6) is 0 Å². The molecule has 1 aliphatic heterocycles. The number of carbonyl (C=O) groups is 1. The first-order chi connectivity index (χ1) is 16.3. The van der Waals surface area contributed by atoms with Gasteiger partial charge in [0.2, 0.25) is 5.91 Å². The van der Waals surface area contributed by atoms with Crippen molar-refractivity contribution in [3.05, 3.63) is 66.9 Å². The zero-order valence-electron chi connectivity index (χ0n) is 17.7. The Balaban J connectivity index is 1.21. The molecule has 0 aliphatic carbocycles. The van der Waals surface area contributed by atoms with Crippen LogP contribution in [0.25, 0.3) is 22.6 Å². The number of imidazole rings is 1. The lowest BCUT2D eigenvalue weighted by molar-refractivity contribution is -0.120. The Morgan fingerprint density at radius 3 is 2.61 bits per heavy atom. The molecule has 0 bridgehead atoms. The molecule has 5 aromatic rings. The van der Waals surface area contributed by atoms with Crippen LogP contribution in [0.2, 0.25) is 0 Å². The van der Waals surface area contributed by atoms with Crippen molar-refractivity contribution in [2.24, 2.45) is 5.92 Å². The van der Waals surface area contributed by atoms with Gasteiger partial charge >= 0.3 is 0 Å². The molecule has 1 amide bonds. The number of carbonyl (C=O) groups excluding carboxylic acids is 1. The highest BCUT2D eigenvalue weighted by Gasteiger charge is 2.27. The number of anilines is 2. The van der Waals surface area contributed by atoms with Crippen molar-refractivity contribution < 1.29 is 4.79 Å². The number of nitrogens with zero attached hydrogens (tertiary/aromatic N) is 8. The molecule has 6 rings (SSSR count). The molecular formula is C23H21N9O.